The molecule has 0 bridgehead atoms. The number of hydrogen-bond acceptors (Lipinski definition) is 6. The monoisotopic (exact) mass is 438 g/mol. The summed E-state index contributed by atoms with van der Waals surface area (Å²) in [5.74, 6) is 0.304. The van der Waals surface area contributed by atoms with Crippen LogP contribution in [-0.2, 0) is 10.1 Å². The van der Waals surface area contributed by atoms with Gasteiger partial charge in [0.05, 0.1) is 12.0 Å². The van der Waals surface area contributed by atoms with Gasteiger partial charge in [-0.05, 0) is 55.0 Å². The summed E-state index contributed by atoms with van der Waals surface area (Å²) in [4.78, 5) is 14.1. The average molecular weight is 439 g/mol. The van der Waals surface area contributed by atoms with Crippen LogP contribution in [0.3, 0.4) is 0 Å². The summed E-state index contributed by atoms with van der Waals surface area (Å²) in [6.07, 6.45) is 1.76. The van der Waals surface area contributed by atoms with Gasteiger partial charge in [0, 0.05) is 10.5 Å². The molecule has 3 aromatic rings. The summed E-state index contributed by atoms with van der Waals surface area (Å²) in [7, 11) is -2.56. The molecule has 5 nitrogen and oxygen atoms in total. The molecule has 1 heterocycles. The van der Waals surface area contributed by atoms with Crippen LogP contribution in [-0.4, -0.2) is 21.3 Å². The predicted molar refractivity (Wildman–Crippen MR) is 117 cm³/mol. The molecule has 0 saturated heterocycles. The summed E-state index contributed by atoms with van der Waals surface area (Å²) in [6.45, 7) is 1.87. The fraction of sp³-hybridized carbons (Fsp3) is 0.0870. The first-order valence-corrected chi connectivity index (χ1v) is 11.3. The fourth-order valence-electron chi connectivity index (χ4n) is 3.00. The normalized spacial score (nSPS) is 14.6. The number of hydrogen-bond donors (Lipinski definition) is 0. The van der Waals surface area contributed by atoms with Crippen LogP contribution in [0.1, 0.15) is 21.5 Å². The van der Waals surface area contributed by atoms with Gasteiger partial charge in [-0.15, -0.1) is 0 Å². The minimum atomic E-state index is -4.00. The smallest absolute Gasteiger partial charge is 0.339 e. The van der Waals surface area contributed by atoms with Crippen molar-refractivity contribution < 1.29 is 22.1 Å². The Morgan fingerprint density at radius 3 is 2.37 bits per heavy atom. The standard InChI is InChI=1S/C23H18O5S2/c1-15-7-10-17(11-8-15)30(25,26)28-19-12-9-16(13-20(19)27-2)14-22-23(24)18-5-3-4-6-21(18)29-22/h3-14H,1-2H3/b22-14+. The molecular formula is C23H18O5S2. The van der Waals surface area contributed by atoms with Crippen LogP contribution < -0.4 is 8.92 Å². The van der Waals surface area contributed by atoms with Crippen molar-refractivity contribution in [1.29, 1.82) is 0 Å². The van der Waals surface area contributed by atoms with E-state index in [0.29, 0.717) is 16.0 Å². The van der Waals surface area contributed by atoms with E-state index in [4.69, 9.17) is 8.92 Å². The number of Topliss-reactive ketones (excluding diaryl/α,β-unsaturated/α-hetero) is 1. The fourth-order valence-corrected chi connectivity index (χ4v) is 4.99. The lowest BCUT2D eigenvalue weighted by Crippen LogP contribution is -2.10. The van der Waals surface area contributed by atoms with Gasteiger partial charge in [-0.2, -0.15) is 8.42 Å². The number of ketones is 1. The molecule has 0 fully saturated rings. The van der Waals surface area contributed by atoms with E-state index in [0.717, 1.165) is 10.5 Å². The molecule has 4 rings (SSSR count). The molecule has 0 amide bonds. The number of carbonyl (C=O) groups is 1. The lowest BCUT2D eigenvalue weighted by molar-refractivity contribution is 0.104. The van der Waals surface area contributed by atoms with Gasteiger partial charge in [0.2, 0.25) is 5.78 Å². The van der Waals surface area contributed by atoms with Crippen LogP contribution in [0.4, 0.5) is 0 Å². The molecule has 0 saturated carbocycles. The number of fused-ring (bicyclic) bond motifs is 1. The third-order valence-electron chi connectivity index (χ3n) is 4.57. The van der Waals surface area contributed by atoms with Crippen LogP contribution in [0.15, 0.2) is 81.4 Å². The number of carbonyl (C=O) groups excluding carboxylic acids is 1. The van der Waals surface area contributed by atoms with Gasteiger partial charge in [0.25, 0.3) is 0 Å². The maximum atomic E-state index is 12.6. The van der Waals surface area contributed by atoms with Crippen molar-refractivity contribution in [3.63, 3.8) is 0 Å². The maximum Gasteiger partial charge on any atom is 0.339 e. The quantitative estimate of drug-likeness (QED) is 0.408. The van der Waals surface area contributed by atoms with E-state index < -0.39 is 10.1 Å². The Morgan fingerprint density at radius 2 is 1.67 bits per heavy atom. The number of ether oxygens (including phenoxy) is 1. The van der Waals surface area contributed by atoms with Crippen LogP contribution in [0.2, 0.25) is 0 Å². The van der Waals surface area contributed by atoms with Crippen molar-refractivity contribution in [1.82, 2.24) is 0 Å². The Balaban J connectivity index is 1.61. The summed E-state index contributed by atoms with van der Waals surface area (Å²) in [6, 6.07) is 18.7. The van der Waals surface area contributed by atoms with Gasteiger partial charge in [-0.1, -0.05) is 47.7 Å². The van der Waals surface area contributed by atoms with Crippen molar-refractivity contribution in [3.05, 3.63) is 88.3 Å². The second-order valence-corrected chi connectivity index (χ2v) is 9.33. The molecule has 1 aliphatic heterocycles. The first-order valence-electron chi connectivity index (χ1n) is 9.10. The zero-order chi connectivity index (χ0) is 21.3. The lowest BCUT2D eigenvalue weighted by Gasteiger charge is -2.11. The summed E-state index contributed by atoms with van der Waals surface area (Å²) < 4.78 is 35.8. The van der Waals surface area contributed by atoms with E-state index in [-0.39, 0.29) is 22.2 Å². The summed E-state index contributed by atoms with van der Waals surface area (Å²) >= 11 is 1.41. The molecule has 30 heavy (non-hydrogen) atoms. The first-order chi connectivity index (χ1) is 14.4. The lowest BCUT2D eigenvalue weighted by atomic mass is 10.1. The Morgan fingerprint density at radius 1 is 0.933 bits per heavy atom. The number of methoxy groups -OCH3 is 1. The zero-order valence-electron chi connectivity index (χ0n) is 16.3. The van der Waals surface area contributed by atoms with Crippen molar-refractivity contribution in [3.8, 4) is 11.5 Å². The zero-order valence-corrected chi connectivity index (χ0v) is 17.9. The highest BCUT2D eigenvalue weighted by Gasteiger charge is 2.25. The second kappa shape index (κ2) is 8.01. The van der Waals surface area contributed by atoms with Gasteiger partial charge < -0.3 is 8.92 Å². The largest absolute Gasteiger partial charge is 0.493 e. The number of rotatable bonds is 5. The molecule has 0 aliphatic carbocycles. The number of aryl methyl sites for hydroxylation is 1. The van der Waals surface area contributed by atoms with E-state index in [1.165, 1.54) is 37.1 Å². The molecule has 152 valence electrons. The number of benzene rings is 3. The Kier molecular flexibility index (Phi) is 5.40. The molecule has 0 unspecified atom stereocenters. The minimum absolute atomic E-state index is 0.0307. The van der Waals surface area contributed by atoms with Crippen LogP contribution in [0.25, 0.3) is 6.08 Å². The van der Waals surface area contributed by atoms with E-state index >= 15 is 0 Å². The SMILES string of the molecule is COc1cc(/C=C2/Sc3ccccc3C2=O)ccc1OS(=O)(=O)c1ccc(C)cc1. The molecule has 0 atom stereocenters. The van der Waals surface area contributed by atoms with Crippen molar-refractivity contribution >= 4 is 33.7 Å². The van der Waals surface area contributed by atoms with Gasteiger partial charge in [0.15, 0.2) is 11.5 Å². The van der Waals surface area contributed by atoms with Crippen molar-refractivity contribution in [2.24, 2.45) is 0 Å². The second-order valence-electron chi connectivity index (χ2n) is 6.70. The van der Waals surface area contributed by atoms with E-state index in [9.17, 15) is 13.2 Å². The van der Waals surface area contributed by atoms with E-state index in [1.54, 1.807) is 36.4 Å². The average Bonchev–Trinajstić information content (AvgIpc) is 3.05. The highest BCUT2D eigenvalue weighted by Crippen LogP contribution is 2.41. The van der Waals surface area contributed by atoms with Gasteiger partial charge in [-0.25, -0.2) is 0 Å². The van der Waals surface area contributed by atoms with Gasteiger partial charge in [0.1, 0.15) is 4.90 Å². The third-order valence-corrected chi connectivity index (χ3v) is 6.92. The molecule has 0 aromatic heterocycles. The van der Waals surface area contributed by atoms with E-state index in [1.807, 2.05) is 25.1 Å². The first kappa shape index (κ1) is 20.3. The predicted octanol–water partition coefficient (Wildman–Crippen LogP) is 5.10. The Labute approximate surface area is 179 Å². The Bertz CT molecular complexity index is 1260. The maximum absolute atomic E-state index is 12.6. The van der Waals surface area contributed by atoms with Gasteiger partial charge in [-0.3, -0.25) is 4.79 Å². The summed E-state index contributed by atoms with van der Waals surface area (Å²) in [5, 5.41) is 0. The van der Waals surface area contributed by atoms with Crippen LogP contribution in [0, 0.1) is 6.92 Å². The number of allylic oxidation sites excluding steroid dienone is 1. The summed E-state index contributed by atoms with van der Waals surface area (Å²) in [5.41, 5.74) is 2.34. The highest BCUT2D eigenvalue weighted by atomic mass is 32.2. The molecular weight excluding hydrogens is 420 g/mol. The molecule has 0 spiro atoms. The highest BCUT2D eigenvalue weighted by molar-refractivity contribution is 8.04. The molecule has 7 heteroatoms. The van der Waals surface area contributed by atoms with E-state index in [2.05, 4.69) is 0 Å². The topological polar surface area (TPSA) is 69.7 Å². The van der Waals surface area contributed by atoms with Gasteiger partial charge >= 0.3 is 10.1 Å². The van der Waals surface area contributed by atoms with Crippen LogP contribution >= 0.6 is 11.8 Å². The molecule has 3 aromatic carbocycles. The minimum Gasteiger partial charge on any atom is -0.493 e. The molecule has 1 aliphatic rings. The third kappa shape index (κ3) is 3.99. The van der Waals surface area contributed by atoms with Crippen molar-refractivity contribution in [2.45, 2.75) is 16.7 Å². The van der Waals surface area contributed by atoms with Crippen LogP contribution in [0.5, 0.6) is 11.5 Å². The number of thioether (sulfide) groups is 1. The molecule has 0 N–H and O–H groups in total. The van der Waals surface area contributed by atoms with Crippen molar-refractivity contribution in [2.75, 3.05) is 7.11 Å². The molecule has 0 radical (unpaired) electrons. The Hall–Kier alpha value is -3.03.